The first-order valence-electron chi connectivity index (χ1n) is 7.98. The molecule has 1 N–H and O–H groups in total. The molecule has 25 heavy (non-hydrogen) atoms. The van der Waals surface area contributed by atoms with Gasteiger partial charge < -0.3 is 5.32 Å². The summed E-state index contributed by atoms with van der Waals surface area (Å²) in [6.07, 6.45) is 0. The lowest BCUT2D eigenvalue weighted by Gasteiger charge is -2.24. The van der Waals surface area contributed by atoms with Gasteiger partial charge in [0.25, 0.3) is 5.91 Å². The molecule has 3 aromatic carbocycles. The summed E-state index contributed by atoms with van der Waals surface area (Å²) < 4.78 is 0.940. The average Bonchev–Trinajstić information content (AvgIpc) is 2.91. The molecule has 1 aliphatic heterocycles. The summed E-state index contributed by atoms with van der Waals surface area (Å²) in [7, 11) is 0. The molecule has 4 nitrogen and oxygen atoms in total. The minimum atomic E-state index is -0.617. The number of benzene rings is 3. The van der Waals surface area contributed by atoms with Crippen LogP contribution in [0.2, 0.25) is 0 Å². The quantitative estimate of drug-likeness (QED) is 0.705. The van der Waals surface area contributed by atoms with Crippen molar-refractivity contribution in [3.63, 3.8) is 0 Å². The second-order valence-electron chi connectivity index (χ2n) is 6.03. The molecule has 0 aliphatic carbocycles. The van der Waals surface area contributed by atoms with E-state index in [-0.39, 0.29) is 11.8 Å². The molecule has 124 valence electrons. The summed E-state index contributed by atoms with van der Waals surface area (Å²) in [6.45, 7) is 1.75. The van der Waals surface area contributed by atoms with Crippen LogP contribution < -0.4 is 10.2 Å². The summed E-state index contributed by atoms with van der Waals surface area (Å²) in [5.74, 6) is -0.356. The van der Waals surface area contributed by atoms with Gasteiger partial charge in [0.2, 0.25) is 5.91 Å². The minimum absolute atomic E-state index is 0.134. The summed E-state index contributed by atoms with van der Waals surface area (Å²) in [6, 6.07) is 18.2. The number of amides is 2. The van der Waals surface area contributed by atoms with E-state index in [0.29, 0.717) is 11.3 Å². The molecule has 3 aromatic rings. The standard InChI is InChI=1S/C20H15BrN2O2/c1-12(19(24)22-15-10-8-14(21)9-11-15)23-17-7-3-5-13-4-2-6-16(18(13)17)20(23)25/h2-12H,1H3,(H,22,24). The second kappa shape index (κ2) is 6.01. The summed E-state index contributed by atoms with van der Waals surface area (Å²) >= 11 is 3.37. The number of nitrogens with zero attached hydrogens (tertiary/aromatic N) is 1. The average molecular weight is 395 g/mol. The minimum Gasteiger partial charge on any atom is -0.324 e. The van der Waals surface area contributed by atoms with Gasteiger partial charge in [0.15, 0.2) is 0 Å². The lowest BCUT2D eigenvalue weighted by atomic mass is 10.1. The van der Waals surface area contributed by atoms with Crippen molar-refractivity contribution in [2.45, 2.75) is 13.0 Å². The van der Waals surface area contributed by atoms with Crippen LogP contribution in [0.25, 0.3) is 10.8 Å². The van der Waals surface area contributed by atoms with Gasteiger partial charge in [-0.15, -0.1) is 0 Å². The molecule has 4 rings (SSSR count). The maximum atomic E-state index is 12.9. The summed E-state index contributed by atoms with van der Waals surface area (Å²) in [5, 5.41) is 4.79. The van der Waals surface area contributed by atoms with E-state index in [9.17, 15) is 9.59 Å². The molecule has 0 saturated heterocycles. The maximum Gasteiger partial charge on any atom is 0.259 e. The Labute approximate surface area is 153 Å². The predicted molar refractivity (Wildman–Crippen MR) is 103 cm³/mol. The van der Waals surface area contributed by atoms with Crippen LogP contribution in [0.5, 0.6) is 0 Å². The van der Waals surface area contributed by atoms with E-state index in [1.807, 2.05) is 60.7 Å². The first kappa shape index (κ1) is 15.8. The van der Waals surface area contributed by atoms with Crippen LogP contribution in [0.1, 0.15) is 17.3 Å². The first-order chi connectivity index (χ1) is 12.1. The highest BCUT2D eigenvalue weighted by Gasteiger charge is 2.35. The van der Waals surface area contributed by atoms with Gasteiger partial charge in [0.1, 0.15) is 6.04 Å². The number of carbonyl (C=O) groups is 2. The number of hydrogen-bond acceptors (Lipinski definition) is 2. The summed E-state index contributed by atoms with van der Waals surface area (Å²) in [5.41, 5.74) is 2.13. The van der Waals surface area contributed by atoms with Crippen molar-refractivity contribution in [2.75, 3.05) is 10.2 Å². The molecule has 0 aromatic heterocycles. The Morgan fingerprint density at radius 2 is 1.72 bits per heavy atom. The molecule has 0 bridgehead atoms. The number of hydrogen-bond donors (Lipinski definition) is 1. The highest BCUT2D eigenvalue weighted by Crippen LogP contribution is 2.38. The Morgan fingerprint density at radius 1 is 1.04 bits per heavy atom. The van der Waals surface area contributed by atoms with Gasteiger partial charge in [-0.1, -0.05) is 40.2 Å². The Bertz CT molecular complexity index is 993. The van der Waals surface area contributed by atoms with E-state index >= 15 is 0 Å². The van der Waals surface area contributed by atoms with Crippen molar-refractivity contribution in [1.82, 2.24) is 0 Å². The Morgan fingerprint density at radius 3 is 2.44 bits per heavy atom. The Balaban J connectivity index is 1.66. The fraction of sp³-hybridized carbons (Fsp3) is 0.100. The molecular formula is C20H15BrN2O2. The molecule has 5 heteroatoms. The van der Waals surface area contributed by atoms with Crippen LogP contribution in [0.4, 0.5) is 11.4 Å². The van der Waals surface area contributed by atoms with Crippen molar-refractivity contribution in [3.8, 4) is 0 Å². The van der Waals surface area contributed by atoms with Crippen LogP contribution in [0.15, 0.2) is 65.1 Å². The van der Waals surface area contributed by atoms with Crippen molar-refractivity contribution in [2.24, 2.45) is 0 Å². The highest BCUT2D eigenvalue weighted by atomic mass is 79.9. The zero-order valence-electron chi connectivity index (χ0n) is 13.5. The molecule has 0 radical (unpaired) electrons. The van der Waals surface area contributed by atoms with Gasteiger partial charge in [-0.3, -0.25) is 14.5 Å². The van der Waals surface area contributed by atoms with Gasteiger partial charge in [0.05, 0.1) is 5.69 Å². The molecular weight excluding hydrogens is 380 g/mol. The maximum absolute atomic E-state index is 12.9. The molecule has 1 unspecified atom stereocenters. The Kier molecular flexibility index (Phi) is 3.81. The van der Waals surface area contributed by atoms with Crippen LogP contribution in [0.3, 0.4) is 0 Å². The fourth-order valence-electron chi connectivity index (χ4n) is 3.22. The smallest absolute Gasteiger partial charge is 0.259 e. The van der Waals surface area contributed by atoms with Crippen LogP contribution >= 0.6 is 15.9 Å². The van der Waals surface area contributed by atoms with Crippen LogP contribution in [0, 0.1) is 0 Å². The third kappa shape index (κ3) is 2.61. The molecule has 1 heterocycles. The summed E-state index contributed by atoms with van der Waals surface area (Å²) in [4.78, 5) is 27.1. The second-order valence-corrected chi connectivity index (χ2v) is 6.94. The normalized spacial score (nSPS) is 14.0. The first-order valence-corrected chi connectivity index (χ1v) is 8.77. The van der Waals surface area contributed by atoms with E-state index in [1.165, 1.54) is 0 Å². The third-order valence-electron chi connectivity index (χ3n) is 4.47. The van der Waals surface area contributed by atoms with Crippen molar-refractivity contribution >= 4 is 49.9 Å². The van der Waals surface area contributed by atoms with Crippen LogP contribution in [-0.4, -0.2) is 17.9 Å². The fourth-order valence-corrected chi connectivity index (χ4v) is 3.49. The zero-order chi connectivity index (χ0) is 17.6. The molecule has 0 fully saturated rings. The number of anilines is 2. The largest absolute Gasteiger partial charge is 0.324 e. The SMILES string of the molecule is CC(C(=O)Nc1ccc(Br)cc1)N1C(=O)c2cccc3cccc1c23. The number of nitrogens with one attached hydrogen (secondary N) is 1. The molecule has 1 atom stereocenters. The van der Waals surface area contributed by atoms with Gasteiger partial charge >= 0.3 is 0 Å². The third-order valence-corrected chi connectivity index (χ3v) is 5.00. The highest BCUT2D eigenvalue weighted by molar-refractivity contribution is 9.10. The van der Waals surface area contributed by atoms with E-state index in [4.69, 9.17) is 0 Å². The molecule has 2 amide bonds. The van der Waals surface area contributed by atoms with E-state index in [1.54, 1.807) is 11.8 Å². The van der Waals surface area contributed by atoms with Gasteiger partial charge in [-0.2, -0.15) is 0 Å². The molecule has 0 spiro atoms. The van der Waals surface area contributed by atoms with E-state index in [2.05, 4.69) is 21.2 Å². The van der Waals surface area contributed by atoms with E-state index in [0.717, 1.165) is 20.9 Å². The van der Waals surface area contributed by atoms with Crippen molar-refractivity contribution < 1.29 is 9.59 Å². The number of rotatable bonds is 3. The van der Waals surface area contributed by atoms with Crippen LogP contribution in [-0.2, 0) is 4.79 Å². The zero-order valence-corrected chi connectivity index (χ0v) is 15.1. The topological polar surface area (TPSA) is 49.4 Å². The van der Waals surface area contributed by atoms with Gasteiger partial charge in [0, 0.05) is 21.1 Å². The van der Waals surface area contributed by atoms with E-state index < -0.39 is 6.04 Å². The molecule has 1 aliphatic rings. The van der Waals surface area contributed by atoms with Gasteiger partial charge in [-0.25, -0.2) is 0 Å². The molecule has 0 saturated carbocycles. The Hall–Kier alpha value is -2.66. The lowest BCUT2D eigenvalue weighted by Crippen LogP contribution is -2.44. The number of halogens is 1. The lowest BCUT2D eigenvalue weighted by molar-refractivity contribution is -0.117. The number of carbonyl (C=O) groups excluding carboxylic acids is 2. The van der Waals surface area contributed by atoms with Gasteiger partial charge in [-0.05, 0) is 48.7 Å². The van der Waals surface area contributed by atoms with Crippen molar-refractivity contribution in [3.05, 3.63) is 70.7 Å². The van der Waals surface area contributed by atoms with Crippen molar-refractivity contribution in [1.29, 1.82) is 0 Å². The predicted octanol–water partition coefficient (Wildman–Crippen LogP) is 4.59. The monoisotopic (exact) mass is 394 g/mol.